The number of benzene rings is 1. The number of piperidine rings is 1. The van der Waals surface area contributed by atoms with Crippen molar-refractivity contribution in [3.05, 3.63) is 52.8 Å². The number of carbonyl (C=O) groups excluding carboxylic acids is 4. The van der Waals surface area contributed by atoms with E-state index in [9.17, 15) is 19.2 Å². The smallest absolute Gasteiger partial charge is 0.243 e. The lowest BCUT2D eigenvalue weighted by Gasteiger charge is -2.34. The first-order chi connectivity index (χ1) is 21.3. The van der Waals surface area contributed by atoms with Crippen molar-refractivity contribution in [1.82, 2.24) is 30.2 Å². The predicted octanol–water partition coefficient (Wildman–Crippen LogP) is 2.36. The Balaban J connectivity index is 1.37. The van der Waals surface area contributed by atoms with Gasteiger partial charge in [0.25, 0.3) is 0 Å². The van der Waals surface area contributed by atoms with Crippen LogP contribution in [0.15, 0.2) is 36.0 Å². The number of nitrogens with one attached hydrogen (secondary N) is 3. The molecule has 2 aliphatic heterocycles. The van der Waals surface area contributed by atoms with Crippen molar-refractivity contribution in [3.8, 4) is 18.1 Å². The first kappa shape index (κ1) is 31.1. The van der Waals surface area contributed by atoms with Gasteiger partial charge in [-0.05, 0) is 61.8 Å². The molecule has 3 atom stereocenters. The number of amides is 4. The third kappa shape index (κ3) is 7.96. The molecule has 0 radical (unpaired) electrons. The average Bonchev–Trinajstić information content (AvgIpc) is 3.60. The molecule has 12 heteroatoms. The molecule has 44 heavy (non-hydrogen) atoms. The van der Waals surface area contributed by atoms with Crippen molar-refractivity contribution in [1.29, 1.82) is 0 Å². The van der Waals surface area contributed by atoms with Crippen LogP contribution in [-0.2, 0) is 32.1 Å². The van der Waals surface area contributed by atoms with Crippen LogP contribution in [0.5, 0.6) is 5.75 Å². The lowest BCUT2D eigenvalue weighted by molar-refractivity contribution is -0.138. The van der Waals surface area contributed by atoms with Gasteiger partial charge in [-0.2, -0.15) is 0 Å². The minimum atomic E-state index is -1.18. The van der Waals surface area contributed by atoms with Gasteiger partial charge < -0.3 is 25.6 Å². The predicted molar refractivity (Wildman–Crippen MR) is 166 cm³/mol. The van der Waals surface area contributed by atoms with E-state index in [1.54, 1.807) is 11.1 Å². The molecular weight excluding hydrogens is 580 g/mol. The van der Waals surface area contributed by atoms with Gasteiger partial charge in [0.1, 0.15) is 17.8 Å². The largest absolute Gasteiger partial charge is 0.494 e. The number of fused-ring (bicyclic) bond motifs is 5. The van der Waals surface area contributed by atoms with Crippen LogP contribution in [0.3, 0.4) is 0 Å². The first-order valence-corrected chi connectivity index (χ1v) is 15.9. The minimum absolute atomic E-state index is 0.0580. The molecule has 0 saturated carbocycles. The number of carbonyl (C=O) groups is 4. The quantitative estimate of drug-likeness (QED) is 0.376. The Kier molecular flexibility index (Phi) is 10.2. The maximum absolute atomic E-state index is 13.7. The Bertz CT molecular complexity index is 1530. The number of hydrogen-bond acceptors (Lipinski definition) is 7. The van der Waals surface area contributed by atoms with Crippen molar-refractivity contribution in [2.45, 2.75) is 70.5 Å². The Morgan fingerprint density at radius 3 is 2.93 bits per heavy atom. The zero-order valence-electron chi connectivity index (χ0n) is 24.8. The summed E-state index contributed by atoms with van der Waals surface area (Å²) < 4.78 is 7.88. The maximum atomic E-state index is 13.7. The maximum Gasteiger partial charge on any atom is 0.243 e. The van der Waals surface area contributed by atoms with Crippen molar-refractivity contribution in [3.63, 3.8) is 0 Å². The SMILES string of the molecule is C#CCC[C@@H]1NC(=O)[C@@H](NC(=O)Cc2cn3ccsc3n2)CC(=O)N2CCCC(CCOc3ccc(C)c(c3)CNC1=O)C2. The van der Waals surface area contributed by atoms with Crippen LogP contribution in [0.4, 0.5) is 0 Å². The lowest BCUT2D eigenvalue weighted by Crippen LogP contribution is -2.55. The van der Waals surface area contributed by atoms with Gasteiger partial charge in [0, 0.05) is 43.8 Å². The number of imidazole rings is 1. The Hall–Kier alpha value is -4.37. The van der Waals surface area contributed by atoms with E-state index in [4.69, 9.17) is 11.2 Å². The molecule has 5 rings (SSSR count). The second-order valence-corrected chi connectivity index (χ2v) is 12.3. The number of aryl methyl sites for hydroxylation is 1. The van der Waals surface area contributed by atoms with Gasteiger partial charge in [-0.1, -0.05) is 6.07 Å². The molecule has 1 fully saturated rings. The fourth-order valence-electron chi connectivity index (χ4n) is 5.66. The molecule has 3 N–H and O–H groups in total. The summed E-state index contributed by atoms with van der Waals surface area (Å²) in [5.74, 6) is 1.81. The third-order valence-corrected chi connectivity index (χ3v) is 8.94. The summed E-state index contributed by atoms with van der Waals surface area (Å²) in [6.07, 6.45) is 11.9. The molecule has 0 aliphatic carbocycles. The van der Waals surface area contributed by atoms with Crippen molar-refractivity contribution < 1.29 is 23.9 Å². The fourth-order valence-corrected chi connectivity index (χ4v) is 6.38. The van der Waals surface area contributed by atoms with Crippen molar-refractivity contribution in [2.75, 3.05) is 19.7 Å². The topological polar surface area (TPSA) is 134 Å². The molecule has 232 valence electrons. The number of nitrogens with zero attached hydrogens (tertiary/aromatic N) is 3. The lowest BCUT2D eigenvalue weighted by atomic mass is 9.94. The van der Waals surface area contributed by atoms with Gasteiger partial charge in [-0.3, -0.25) is 23.6 Å². The Labute approximate surface area is 260 Å². The third-order valence-electron chi connectivity index (χ3n) is 8.17. The fraction of sp³-hybridized carbons (Fsp3) is 0.469. The van der Waals surface area contributed by atoms with E-state index in [0.717, 1.165) is 41.1 Å². The number of terminal acetylenes is 1. The van der Waals surface area contributed by atoms with Crippen LogP contribution < -0.4 is 20.7 Å². The Morgan fingerprint density at radius 2 is 2.11 bits per heavy atom. The molecule has 4 bridgehead atoms. The molecule has 11 nitrogen and oxygen atoms in total. The summed E-state index contributed by atoms with van der Waals surface area (Å²) in [5, 5.41) is 10.3. The zero-order chi connectivity index (χ0) is 31.1. The normalized spacial score (nSPS) is 21.8. The molecule has 1 unspecified atom stereocenters. The summed E-state index contributed by atoms with van der Waals surface area (Å²) >= 11 is 1.45. The zero-order valence-corrected chi connectivity index (χ0v) is 25.7. The second kappa shape index (κ2) is 14.4. The number of rotatable bonds is 5. The van der Waals surface area contributed by atoms with E-state index in [0.29, 0.717) is 25.4 Å². The summed E-state index contributed by atoms with van der Waals surface area (Å²) in [4.78, 5) is 60.6. The van der Waals surface area contributed by atoms with Gasteiger partial charge in [0.05, 0.1) is 25.1 Å². The van der Waals surface area contributed by atoms with E-state index in [1.807, 2.05) is 41.1 Å². The molecule has 0 spiro atoms. The van der Waals surface area contributed by atoms with E-state index in [-0.39, 0.29) is 44.1 Å². The highest BCUT2D eigenvalue weighted by atomic mass is 32.1. The monoisotopic (exact) mass is 618 g/mol. The van der Waals surface area contributed by atoms with E-state index in [2.05, 4.69) is 26.9 Å². The van der Waals surface area contributed by atoms with Crippen molar-refractivity contribution in [2.24, 2.45) is 5.92 Å². The van der Waals surface area contributed by atoms with E-state index >= 15 is 0 Å². The summed E-state index contributed by atoms with van der Waals surface area (Å²) in [5.41, 5.74) is 2.45. The highest BCUT2D eigenvalue weighted by Gasteiger charge is 2.32. The Morgan fingerprint density at radius 1 is 1.25 bits per heavy atom. The molecule has 4 amide bonds. The van der Waals surface area contributed by atoms with E-state index < -0.39 is 29.8 Å². The van der Waals surface area contributed by atoms with Crippen molar-refractivity contribution >= 4 is 39.9 Å². The van der Waals surface area contributed by atoms with Crippen LogP contribution in [0.1, 0.15) is 55.3 Å². The minimum Gasteiger partial charge on any atom is -0.494 e. The van der Waals surface area contributed by atoms with Gasteiger partial charge in [0.15, 0.2) is 4.96 Å². The van der Waals surface area contributed by atoms with Gasteiger partial charge >= 0.3 is 0 Å². The van der Waals surface area contributed by atoms with Crippen LogP contribution in [0.2, 0.25) is 0 Å². The van der Waals surface area contributed by atoms with Gasteiger partial charge in [-0.25, -0.2) is 4.98 Å². The molecule has 4 heterocycles. The van der Waals surface area contributed by atoms with Gasteiger partial charge in [-0.15, -0.1) is 23.7 Å². The first-order valence-electron chi connectivity index (χ1n) is 15.0. The molecule has 2 aliphatic rings. The summed E-state index contributed by atoms with van der Waals surface area (Å²) in [7, 11) is 0. The standard InChI is InChI=1S/C32H38N6O5S/c1-3-4-7-26-30(41)33-18-23-15-25(9-8-21(23)2)43-13-10-22-6-5-11-37(19-22)29(40)17-27(31(42)36-26)35-28(39)16-24-20-38-12-14-44-32(38)34-24/h1,8-9,12,14-15,20,22,26-27H,4-7,10-11,13,16-19H2,2H3,(H,33,41)(H,35,39)(H,36,42)/t22?,26-,27-/m0/s1. The number of hydrogen-bond donors (Lipinski definition) is 3. The van der Waals surface area contributed by atoms with Crippen LogP contribution in [0, 0.1) is 25.2 Å². The summed E-state index contributed by atoms with van der Waals surface area (Å²) in [6, 6.07) is 3.65. The van der Waals surface area contributed by atoms with Crippen LogP contribution in [-0.4, -0.2) is 69.7 Å². The molecule has 1 aromatic carbocycles. The molecule has 2 aromatic heterocycles. The van der Waals surface area contributed by atoms with Gasteiger partial charge in [0.2, 0.25) is 23.6 Å². The highest BCUT2D eigenvalue weighted by molar-refractivity contribution is 7.15. The molecule has 1 saturated heterocycles. The summed E-state index contributed by atoms with van der Waals surface area (Å²) in [6.45, 7) is 3.84. The number of aromatic nitrogens is 2. The molecule has 3 aromatic rings. The average molecular weight is 619 g/mol. The second-order valence-electron chi connectivity index (χ2n) is 11.4. The van der Waals surface area contributed by atoms with E-state index in [1.165, 1.54) is 11.3 Å². The molecular formula is C32H38N6O5S. The highest BCUT2D eigenvalue weighted by Crippen LogP contribution is 2.23. The van der Waals surface area contributed by atoms with Crippen LogP contribution >= 0.6 is 11.3 Å². The number of ether oxygens (including phenoxy) is 1. The number of thiazole rings is 1. The van der Waals surface area contributed by atoms with Crippen LogP contribution in [0.25, 0.3) is 4.96 Å².